The lowest BCUT2D eigenvalue weighted by atomic mass is 10.0. The van der Waals surface area contributed by atoms with Crippen molar-refractivity contribution in [2.24, 2.45) is 0 Å². The molecule has 3 heteroatoms. The van der Waals surface area contributed by atoms with Crippen LogP contribution in [0, 0.1) is 0 Å². The van der Waals surface area contributed by atoms with E-state index in [9.17, 15) is 0 Å². The highest BCUT2D eigenvalue weighted by Gasteiger charge is 2.26. The maximum absolute atomic E-state index is 6.63. The smallest absolute Gasteiger partial charge is 0.160 e. The van der Waals surface area contributed by atoms with Crippen LogP contribution in [0.3, 0.4) is 0 Å². The molecule has 0 spiro atoms. The standard InChI is InChI=1S/C36H20N2O/c1-4-13-27-19(8-1)26-18-29-31(32-24-10-2-5-14-28(24)37(27)34(26)32)25-12-7-11-21-22-16-17-23-20-9-3-6-15-30(20)39-36(23)35(22)38(29)33(21)25/h2-3,5-18H,1,4H2. The van der Waals surface area contributed by atoms with Crippen molar-refractivity contribution in [2.75, 3.05) is 0 Å². The zero-order valence-corrected chi connectivity index (χ0v) is 21.0. The largest absolute Gasteiger partial charge is 0.454 e. The van der Waals surface area contributed by atoms with Gasteiger partial charge in [-0.1, -0.05) is 72.8 Å². The third-order valence-electron chi connectivity index (χ3n) is 9.38. The van der Waals surface area contributed by atoms with Gasteiger partial charge in [0.15, 0.2) is 5.58 Å². The molecule has 0 N–H and O–H groups in total. The van der Waals surface area contributed by atoms with E-state index in [1.807, 2.05) is 0 Å². The Balaban J connectivity index is 1.53. The molecule has 0 aliphatic heterocycles. The monoisotopic (exact) mass is 496 g/mol. The van der Waals surface area contributed by atoms with Crippen LogP contribution in [-0.2, 0) is 0 Å². The second kappa shape index (κ2) is 6.16. The number of rotatable bonds is 0. The zero-order chi connectivity index (χ0) is 25.0. The van der Waals surface area contributed by atoms with Gasteiger partial charge in [0.1, 0.15) is 5.58 Å². The number of fused-ring (bicyclic) bond motifs is 17. The Morgan fingerprint density at radius 2 is 1.28 bits per heavy atom. The van der Waals surface area contributed by atoms with Crippen LogP contribution in [-0.4, -0.2) is 8.80 Å². The van der Waals surface area contributed by atoms with Crippen molar-refractivity contribution in [3.8, 4) is 0 Å². The number of para-hydroxylation sites is 3. The van der Waals surface area contributed by atoms with Crippen molar-refractivity contribution in [1.29, 1.82) is 0 Å². The summed E-state index contributed by atoms with van der Waals surface area (Å²) in [5, 5.41) is 14.3. The number of benzene rings is 5. The molecule has 10 aromatic rings. The summed E-state index contributed by atoms with van der Waals surface area (Å²) in [4.78, 5) is 0. The number of furan rings is 1. The molecule has 0 amide bonds. The van der Waals surface area contributed by atoms with Crippen LogP contribution >= 0.6 is 0 Å². The van der Waals surface area contributed by atoms with Gasteiger partial charge in [-0.05, 0) is 37.1 Å². The minimum Gasteiger partial charge on any atom is -0.454 e. The lowest BCUT2D eigenvalue weighted by Gasteiger charge is -2.02. The van der Waals surface area contributed by atoms with Gasteiger partial charge in [0, 0.05) is 59.0 Å². The maximum Gasteiger partial charge on any atom is 0.160 e. The molecule has 180 valence electrons. The molecule has 0 radical (unpaired) electrons. The number of hydrogen-bond acceptors (Lipinski definition) is 1. The molecule has 39 heavy (non-hydrogen) atoms. The van der Waals surface area contributed by atoms with Gasteiger partial charge in [0.25, 0.3) is 0 Å². The molecule has 1 aliphatic carbocycles. The number of hydrogen-bond donors (Lipinski definition) is 0. The fourth-order valence-corrected chi connectivity index (χ4v) is 7.95. The van der Waals surface area contributed by atoms with Gasteiger partial charge >= 0.3 is 0 Å². The van der Waals surface area contributed by atoms with E-state index in [-0.39, 0.29) is 0 Å². The van der Waals surface area contributed by atoms with E-state index in [1.54, 1.807) is 0 Å². The van der Waals surface area contributed by atoms with Crippen molar-refractivity contribution in [3.05, 3.63) is 95.5 Å². The molecule has 0 unspecified atom stereocenters. The highest BCUT2D eigenvalue weighted by atomic mass is 16.3. The van der Waals surface area contributed by atoms with Gasteiger partial charge in [-0.15, -0.1) is 0 Å². The van der Waals surface area contributed by atoms with Crippen molar-refractivity contribution >= 4 is 99.4 Å². The predicted octanol–water partition coefficient (Wildman–Crippen LogP) is 8.09. The van der Waals surface area contributed by atoms with Crippen molar-refractivity contribution in [2.45, 2.75) is 12.8 Å². The molecule has 0 atom stereocenters. The Bertz CT molecular complexity index is 2820. The van der Waals surface area contributed by atoms with Crippen molar-refractivity contribution < 1.29 is 4.42 Å². The average molecular weight is 497 g/mol. The molecule has 0 saturated heterocycles. The average Bonchev–Trinajstić information content (AvgIpc) is 3.76. The first-order valence-corrected chi connectivity index (χ1v) is 13.8. The molecule has 0 fully saturated rings. The van der Waals surface area contributed by atoms with E-state index in [2.05, 4.69) is 106 Å². The van der Waals surface area contributed by atoms with Crippen LogP contribution in [0.25, 0.3) is 99.4 Å². The van der Waals surface area contributed by atoms with Crippen molar-refractivity contribution in [1.82, 2.24) is 8.80 Å². The summed E-state index contributed by atoms with van der Waals surface area (Å²) in [6.45, 7) is 0. The Morgan fingerprint density at radius 1 is 0.513 bits per heavy atom. The second-order valence-electron chi connectivity index (χ2n) is 11.2. The minimum atomic E-state index is 0.941. The van der Waals surface area contributed by atoms with Crippen LogP contribution in [0.15, 0.2) is 89.3 Å². The first-order chi connectivity index (χ1) is 19.4. The molecule has 5 aromatic carbocycles. The van der Waals surface area contributed by atoms with E-state index in [4.69, 9.17) is 4.42 Å². The van der Waals surface area contributed by atoms with Gasteiger partial charge in [0.2, 0.25) is 0 Å². The van der Waals surface area contributed by atoms with Gasteiger partial charge < -0.3 is 13.2 Å². The summed E-state index contributed by atoms with van der Waals surface area (Å²) in [6, 6.07) is 31.2. The lowest BCUT2D eigenvalue weighted by Crippen LogP contribution is -2.27. The highest BCUT2D eigenvalue weighted by Crippen LogP contribution is 2.47. The molecule has 5 aromatic heterocycles. The van der Waals surface area contributed by atoms with Crippen molar-refractivity contribution in [3.63, 3.8) is 0 Å². The van der Waals surface area contributed by atoms with E-state index in [0.29, 0.717) is 0 Å². The summed E-state index contributed by atoms with van der Waals surface area (Å²) in [6.07, 6.45) is 7.07. The summed E-state index contributed by atoms with van der Waals surface area (Å²) < 4.78 is 11.7. The topological polar surface area (TPSA) is 22.0 Å². The Kier molecular flexibility index (Phi) is 3.02. The zero-order valence-electron chi connectivity index (χ0n) is 21.0. The van der Waals surface area contributed by atoms with E-state index >= 15 is 0 Å². The molecule has 0 saturated carbocycles. The molecule has 1 aliphatic rings. The third-order valence-corrected chi connectivity index (χ3v) is 9.38. The fourth-order valence-electron chi connectivity index (χ4n) is 7.95. The summed E-state index contributed by atoms with van der Waals surface area (Å²) in [5.74, 6) is 0. The Morgan fingerprint density at radius 3 is 2.26 bits per heavy atom. The van der Waals surface area contributed by atoms with E-state index < -0.39 is 0 Å². The van der Waals surface area contributed by atoms with Crippen LogP contribution in [0.1, 0.15) is 12.8 Å². The Labute approximate surface area is 220 Å². The first kappa shape index (κ1) is 19.1. The summed E-state index contributed by atoms with van der Waals surface area (Å²) in [7, 11) is 0. The molecule has 5 heterocycles. The molecule has 11 rings (SSSR count). The SMILES string of the molecule is C1=c2c(n3c4ccccc4c4c5c6cccc7c8ccc9c%10ccccc%10oc9c8n(c5cc2c43)c76)=CCC1. The number of nitrogens with zero attached hydrogens (tertiary/aromatic N) is 2. The molecule has 0 bridgehead atoms. The van der Waals surface area contributed by atoms with Gasteiger partial charge in [-0.3, -0.25) is 0 Å². The second-order valence-corrected chi connectivity index (χ2v) is 11.2. The molecular weight excluding hydrogens is 476 g/mol. The molecular formula is C36H20N2O. The summed E-state index contributed by atoms with van der Waals surface area (Å²) >= 11 is 0. The summed E-state index contributed by atoms with van der Waals surface area (Å²) in [5.41, 5.74) is 8.30. The van der Waals surface area contributed by atoms with Crippen LogP contribution in [0.5, 0.6) is 0 Å². The number of aromatic nitrogens is 2. The third kappa shape index (κ3) is 1.96. The van der Waals surface area contributed by atoms with E-state index in [1.165, 1.54) is 86.6 Å². The van der Waals surface area contributed by atoms with Gasteiger partial charge in [-0.25, -0.2) is 0 Å². The maximum atomic E-state index is 6.63. The fraction of sp³-hybridized carbons (Fsp3) is 0.0556. The Hall–Kier alpha value is -5.02. The minimum absolute atomic E-state index is 0.941. The van der Waals surface area contributed by atoms with Crippen LogP contribution in [0.2, 0.25) is 0 Å². The lowest BCUT2D eigenvalue weighted by molar-refractivity contribution is 0.671. The quantitative estimate of drug-likeness (QED) is 0.208. The first-order valence-electron chi connectivity index (χ1n) is 13.8. The van der Waals surface area contributed by atoms with Crippen LogP contribution in [0.4, 0.5) is 0 Å². The van der Waals surface area contributed by atoms with E-state index in [0.717, 1.165) is 24.0 Å². The van der Waals surface area contributed by atoms with Gasteiger partial charge in [0.05, 0.1) is 27.6 Å². The predicted molar refractivity (Wildman–Crippen MR) is 163 cm³/mol. The molecule has 3 nitrogen and oxygen atoms in total. The highest BCUT2D eigenvalue weighted by molar-refractivity contribution is 6.36. The van der Waals surface area contributed by atoms with Gasteiger partial charge in [-0.2, -0.15) is 0 Å². The normalized spacial score (nSPS) is 14.4. The van der Waals surface area contributed by atoms with Crippen LogP contribution < -0.4 is 10.6 Å².